The van der Waals surface area contributed by atoms with E-state index in [0.29, 0.717) is 18.5 Å². The lowest BCUT2D eigenvalue weighted by Crippen LogP contribution is -2.39. The number of amides is 1. The van der Waals surface area contributed by atoms with E-state index < -0.39 is 0 Å². The molecule has 0 aliphatic rings. The molecule has 2 rings (SSSR count). The molecule has 2 unspecified atom stereocenters. The third-order valence-corrected chi connectivity index (χ3v) is 5.01. The number of nitrogens with one attached hydrogen (secondary N) is 1. The molecular formula is C20H28N2OS. The van der Waals surface area contributed by atoms with Gasteiger partial charge in [0, 0.05) is 25.0 Å². The fraction of sp³-hybridized carbons (Fsp3) is 0.450. The van der Waals surface area contributed by atoms with Crippen LogP contribution in [0, 0.1) is 0 Å². The smallest absolute Gasteiger partial charge is 0.227 e. The van der Waals surface area contributed by atoms with Crippen molar-refractivity contribution in [1.82, 2.24) is 5.32 Å². The van der Waals surface area contributed by atoms with Crippen LogP contribution in [0.2, 0.25) is 0 Å². The Morgan fingerprint density at radius 3 is 2.50 bits per heavy atom. The van der Waals surface area contributed by atoms with Gasteiger partial charge in [-0.3, -0.25) is 4.79 Å². The van der Waals surface area contributed by atoms with Gasteiger partial charge in [0.15, 0.2) is 0 Å². The first-order chi connectivity index (χ1) is 11.6. The highest BCUT2D eigenvalue weighted by molar-refractivity contribution is 7.14. The second kappa shape index (κ2) is 9.60. The molecule has 0 radical (unpaired) electrons. The molecule has 3 nitrogen and oxygen atoms in total. The van der Waals surface area contributed by atoms with E-state index in [1.54, 1.807) is 11.3 Å². The number of hydrogen-bond donors (Lipinski definition) is 1. The Kier molecular flexibility index (Phi) is 7.47. The fourth-order valence-corrected chi connectivity index (χ4v) is 3.66. The standard InChI is InChI=1S/C20H28N2OS/c1-4-19(23)22(20-11-8-14-24-20)13-12-16(2)21-17(3)15-18-9-6-5-7-10-18/h5-11,14,16-17,21H,4,12-13,15H2,1-3H3. The zero-order valence-corrected chi connectivity index (χ0v) is 15.7. The molecule has 1 aromatic heterocycles. The van der Waals surface area contributed by atoms with Gasteiger partial charge in [0.25, 0.3) is 0 Å². The van der Waals surface area contributed by atoms with E-state index in [4.69, 9.17) is 0 Å². The van der Waals surface area contributed by atoms with E-state index >= 15 is 0 Å². The van der Waals surface area contributed by atoms with E-state index in [2.05, 4.69) is 43.4 Å². The number of nitrogens with zero attached hydrogens (tertiary/aromatic N) is 1. The maximum atomic E-state index is 12.2. The quantitative estimate of drug-likeness (QED) is 0.727. The molecule has 0 saturated heterocycles. The van der Waals surface area contributed by atoms with Crippen molar-refractivity contribution < 1.29 is 4.79 Å². The Hall–Kier alpha value is -1.65. The second-order valence-electron chi connectivity index (χ2n) is 6.30. The van der Waals surface area contributed by atoms with Gasteiger partial charge in [0.1, 0.15) is 0 Å². The molecule has 0 aliphatic heterocycles. The third kappa shape index (κ3) is 5.77. The minimum atomic E-state index is 0.196. The van der Waals surface area contributed by atoms with Crippen LogP contribution in [0.25, 0.3) is 0 Å². The minimum Gasteiger partial charge on any atom is -0.311 e. The number of carbonyl (C=O) groups excluding carboxylic acids is 1. The molecule has 1 aromatic carbocycles. The van der Waals surface area contributed by atoms with Gasteiger partial charge in [-0.1, -0.05) is 37.3 Å². The number of carbonyl (C=O) groups is 1. The lowest BCUT2D eigenvalue weighted by Gasteiger charge is -2.25. The molecule has 0 bridgehead atoms. The first kappa shape index (κ1) is 18.7. The molecule has 2 atom stereocenters. The van der Waals surface area contributed by atoms with Gasteiger partial charge in [-0.25, -0.2) is 0 Å². The Morgan fingerprint density at radius 2 is 1.88 bits per heavy atom. The summed E-state index contributed by atoms with van der Waals surface area (Å²) in [5, 5.41) is 6.72. The van der Waals surface area contributed by atoms with Crippen LogP contribution in [0.15, 0.2) is 47.8 Å². The van der Waals surface area contributed by atoms with Gasteiger partial charge in [-0.2, -0.15) is 0 Å². The van der Waals surface area contributed by atoms with Crippen LogP contribution < -0.4 is 10.2 Å². The minimum absolute atomic E-state index is 0.196. The van der Waals surface area contributed by atoms with Crippen LogP contribution in [0.5, 0.6) is 0 Å². The lowest BCUT2D eigenvalue weighted by atomic mass is 10.1. The Labute approximate surface area is 149 Å². The van der Waals surface area contributed by atoms with Gasteiger partial charge in [-0.15, -0.1) is 11.3 Å². The van der Waals surface area contributed by atoms with Gasteiger partial charge in [0.2, 0.25) is 5.91 Å². The topological polar surface area (TPSA) is 32.3 Å². The van der Waals surface area contributed by atoms with E-state index in [9.17, 15) is 4.79 Å². The van der Waals surface area contributed by atoms with Crippen molar-refractivity contribution in [2.24, 2.45) is 0 Å². The summed E-state index contributed by atoms with van der Waals surface area (Å²) >= 11 is 1.63. The fourth-order valence-electron chi connectivity index (χ4n) is 2.89. The van der Waals surface area contributed by atoms with Crippen molar-refractivity contribution in [3.8, 4) is 0 Å². The molecular weight excluding hydrogens is 316 g/mol. The maximum Gasteiger partial charge on any atom is 0.227 e. The lowest BCUT2D eigenvalue weighted by molar-refractivity contribution is -0.118. The Morgan fingerprint density at radius 1 is 1.12 bits per heavy atom. The highest BCUT2D eigenvalue weighted by Crippen LogP contribution is 2.22. The molecule has 130 valence electrons. The zero-order valence-electron chi connectivity index (χ0n) is 14.9. The molecule has 1 amide bonds. The summed E-state index contributed by atoms with van der Waals surface area (Å²) in [6, 6.07) is 15.4. The summed E-state index contributed by atoms with van der Waals surface area (Å²) in [5.74, 6) is 0.196. The molecule has 4 heteroatoms. The average Bonchev–Trinajstić information content (AvgIpc) is 3.09. The van der Waals surface area contributed by atoms with Crippen LogP contribution in [-0.2, 0) is 11.2 Å². The van der Waals surface area contributed by atoms with E-state index in [-0.39, 0.29) is 5.91 Å². The van der Waals surface area contributed by atoms with Gasteiger partial charge in [-0.05, 0) is 49.8 Å². The van der Waals surface area contributed by atoms with Crippen molar-refractivity contribution in [2.45, 2.75) is 52.1 Å². The van der Waals surface area contributed by atoms with Crippen molar-refractivity contribution in [2.75, 3.05) is 11.4 Å². The average molecular weight is 345 g/mol. The van der Waals surface area contributed by atoms with Crippen LogP contribution in [0.4, 0.5) is 5.00 Å². The SMILES string of the molecule is CCC(=O)N(CCC(C)NC(C)Cc1ccccc1)c1cccs1. The molecule has 0 fully saturated rings. The van der Waals surface area contributed by atoms with Gasteiger partial charge < -0.3 is 10.2 Å². The normalized spacial score (nSPS) is 13.5. The second-order valence-corrected chi connectivity index (χ2v) is 7.22. The van der Waals surface area contributed by atoms with Crippen molar-refractivity contribution in [3.05, 3.63) is 53.4 Å². The third-order valence-electron chi connectivity index (χ3n) is 4.12. The van der Waals surface area contributed by atoms with Crippen LogP contribution in [-0.4, -0.2) is 24.5 Å². The van der Waals surface area contributed by atoms with Crippen LogP contribution in [0.1, 0.15) is 39.2 Å². The summed E-state index contributed by atoms with van der Waals surface area (Å²) in [6.45, 7) is 7.11. The highest BCUT2D eigenvalue weighted by Gasteiger charge is 2.16. The van der Waals surface area contributed by atoms with Crippen molar-refractivity contribution >= 4 is 22.2 Å². The monoisotopic (exact) mass is 344 g/mol. The van der Waals surface area contributed by atoms with Crippen molar-refractivity contribution in [1.29, 1.82) is 0 Å². The molecule has 1 heterocycles. The number of hydrogen-bond acceptors (Lipinski definition) is 3. The summed E-state index contributed by atoms with van der Waals surface area (Å²) < 4.78 is 0. The summed E-state index contributed by atoms with van der Waals surface area (Å²) in [5.41, 5.74) is 1.35. The number of benzene rings is 1. The molecule has 0 spiro atoms. The van der Waals surface area contributed by atoms with Gasteiger partial charge >= 0.3 is 0 Å². The largest absolute Gasteiger partial charge is 0.311 e. The number of rotatable bonds is 9. The molecule has 2 aromatic rings. The first-order valence-electron chi connectivity index (χ1n) is 8.74. The summed E-state index contributed by atoms with van der Waals surface area (Å²) in [6.07, 6.45) is 2.51. The first-order valence-corrected chi connectivity index (χ1v) is 9.62. The molecule has 0 aliphatic carbocycles. The van der Waals surface area contributed by atoms with Crippen LogP contribution in [0.3, 0.4) is 0 Å². The summed E-state index contributed by atoms with van der Waals surface area (Å²) in [4.78, 5) is 14.1. The van der Waals surface area contributed by atoms with Crippen LogP contribution >= 0.6 is 11.3 Å². The zero-order chi connectivity index (χ0) is 17.4. The van der Waals surface area contributed by atoms with E-state index in [0.717, 1.165) is 24.4 Å². The van der Waals surface area contributed by atoms with E-state index in [1.165, 1.54) is 5.56 Å². The van der Waals surface area contributed by atoms with E-state index in [1.807, 2.05) is 35.4 Å². The van der Waals surface area contributed by atoms with Gasteiger partial charge in [0.05, 0.1) is 5.00 Å². The van der Waals surface area contributed by atoms with Crippen molar-refractivity contribution in [3.63, 3.8) is 0 Å². The molecule has 0 saturated carbocycles. The Bertz CT molecular complexity index is 597. The number of thiophene rings is 1. The predicted molar refractivity (Wildman–Crippen MR) is 104 cm³/mol. The number of anilines is 1. The highest BCUT2D eigenvalue weighted by atomic mass is 32.1. The maximum absolute atomic E-state index is 12.2. The molecule has 1 N–H and O–H groups in total. The predicted octanol–water partition coefficient (Wildman–Crippen LogP) is 4.49. The Balaban J connectivity index is 1.82. The molecule has 24 heavy (non-hydrogen) atoms. The summed E-state index contributed by atoms with van der Waals surface area (Å²) in [7, 11) is 0.